The van der Waals surface area contributed by atoms with Crippen LogP contribution in [0.4, 0.5) is 0 Å². The van der Waals surface area contributed by atoms with Gasteiger partial charge in [0.25, 0.3) is 0 Å². The monoisotopic (exact) mass is 235 g/mol. The number of rotatable bonds is 5. The summed E-state index contributed by atoms with van der Waals surface area (Å²) < 4.78 is 2.01. The molecule has 0 saturated heterocycles. The summed E-state index contributed by atoms with van der Waals surface area (Å²) in [5.74, 6) is 1.80. The van der Waals surface area contributed by atoms with E-state index in [9.17, 15) is 0 Å². The Labute approximate surface area is 105 Å². The third kappa shape index (κ3) is 3.84. The van der Waals surface area contributed by atoms with Crippen molar-refractivity contribution in [2.75, 3.05) is 6.54 Å². The lowest BCUT2D eigenvalue weighted by Crippen LogP contribution is -2.36. The van der Waals surface area contributed by atoms with E-state index in [1.807, 2.05) is 23.1 Å². The maximum atomic E-state index is 4.21. The number of nitrogens with one attached hydrogen (secondary N) is 1. The molecule has 1 N–H and O–H groups in total. The average Bonchev–Trinajstić information content (AvgIpc) is 2.82. The van der Waals surface area contributed by atoms with Crippen LogP contribution in [-0.2, 0) is 6.54 Å². The van der Waals surface area contributed by atoms with Gasteiger partial charge in [0.1, 0.15) is 0 Å². The molecule has 0 radical (unpaired) electrons. The first-order valence-electron chi connectivity index (χ1n) is 6.96. The maximum Gasteiger partial charge on any atom is 0.0489 e. The molecule has 1 aromatic heterocycles. The summed E-state index contributed by atoms with van der Waals surface area (Å²) in [5, 5.41) is 7.91. The molecule has 3 unspecified atom stereocenters. The van der Waals surface area contributed by atoms with Gasteiger partial charge in [0.2, 0.25) is 0 Å². The fourth-order valence-electron chi connectivity index (χ4n) is 2.71. The Morgan fingerprint density at radius 2 is 2.18 bits per heavy atom. The standard InChI is InChI=1S/C14H25N3/c1-12-5-6-14(11-13(12)2)15-7-3-9-17-10-4-8-16-17/h4,8,10,12-15H,3,5-7,9,11H2,1-2H3. The van der Waals surface area contributed by atoms with Crippen LogP contribution in [-0.4, -0.2) is 22.4 Å². The van der Waals surface area contributed by atoms with Crippen molar-refractivity contribution < 1.29 is 0 Å². The number of nitrogens with zero attached hydrogens (tertiary/aromatic N) is 2. The van der Waals surface area contributed by atoms with Crippen molar-refractivity contribution in [2.24, 2.45) is 11.8 Å². The third-order valence-electron chi connectivity index (χ3n) is 4.15. The van der Waals surface area contributed by atoms with Crippen molar-refractivity contribution >= 4 is 0 Å². The van der Waals surface area contributed by atoms with Crippen LogP contribution in [0.5, 0.6) is 0 Å². The van der Waals surface area contributed by atoms with Crippen molar-refractivity contribution in [3.63, 3.8) is 0 Å². The zero-order valence-corrected chi connectivity index (χ0v) is 11.1. The molecule has 1 heterocycles. The van der Waals surface area contributed by atoms with Gasteiger partial charge in [-0.3, -0.25) is 4.68 Å². The Hall–Kier alpha value is -0.830. The molecule has 1 aliphatic rings. The van der Waals surface area contributed by atoms with Gasteiger partial charge in [-0.15, -0.1) is 0 Å². The lowest BCUT2D eigenvalue weighted by molar-refractivity contribution is 0.225. The highest BCUT2D eigenvalue weighted by Crippen LogP contribution is 2.29. The molecule has 1 aromatic rings. The molecule has 0 bridgehead atoms. The first kappa shape index (κ1) is 12.6. The molecule has 0 spiro atoms. The first-order chi connectivity index (χ1) is 8.25. The molecule has 0 amide bonds. The lowest BCUT2D eigenvalue weighted by Gasteiger charge is -2.32. The Kier molecular flexibility index (Phi) is 4.60. The van der Waals surface area contributed by atoms with Crippen molar-refractivity contribution in [3.8, 4) is 0 Å². The van der Waals surface area contributed by atoms with Gasteiger partial charge < -0.3 is 5.32 Å². The molecular formula is C14H25N3. The molecular weight excluding hydrogens is 210 g/mol. The average molecular weight is 235 g/mol. The molecule has 0 aromatic carbocycles. The topological polar surface area (TPSA) is 29.9 Å². The molecule has 1 saturated carbocycles. The van der Waals surface area contributed by atoms with Crippen molar-refractivity contribution in [3.05, 3.63) is 18.5 Å². The SMILES string of the molecule is CC1CCC(NCCCn2cccn2)CC1C. The van der Waals surface area contributed by atoms with Crippen molar-refractivity contribution in [1.82, 2.24) is 15.1 Å². The minimum Gasteiger partial charge on any atom is -0.314 e. The molecule has 1 aliphatic carbocycles. The largest absolute Gasteiger partial charge is 0.314 e. The molecule has 1 fully saturated rings. The van der Waals surface area contributed by atoms with Gasteiger partial charge in [0.15, 0.2) is 0 Å². The minimum atomic E-state index is 0.749. The van der Waals surface area contributed by atoms with E-state index >= 15 is 0 Å². The number of aromatic nitrogens is 2. The first-order valence-corrected chi connectivity index (χ1v) is 6.96. The molecule has 2 rings (SSSR count). The molecule has 3 nitrogen and oxygen atoms in total. The zero-order valence-electron chi connectivity index (χ0n) is 11.1. The van der Waals surface area contributed by atoms with E-state index in [2.05, 4.69) is 24.3 Å². The van der Waals surface area contributed by atoms with Crippen LogP contribution in [0.25, 0.3) is 0 Å². The minimum absolute atomic E-state index is 0.749. The maximum absolute atomic E-state index is 4.21. The molecule has 0 aliphatic heterocycles. The Balaban J connectivity index is 1.59. The zero-order chi connectivity index (χ0) is 12.1. The van der Waals surface area contributed by atoms with Gasteiger partial charge in [-0.2, -0.15) is 5.10 Å². The normalized spacial score (nSPS) is 29.4. The lowest BCUT2D eigenvalue weighted by atomic mass is 9.79. The van der Waals surface area contributed by atoms with Crippen molar-refractivity contribution in [1.29, 1.82) is 0 Å². The molecule has 96 valence electrons. The van der Waals surface area contributed by atoms with Crippen LogP contribution in [0.3, 0.4) is 0 Å². The second kappa shape index (κ2) is 6.20. The second-order valence-electron chi connectivity index (χ2n) is 5.54. The van der Waals surface area contributed by atoms with Gasteiger partial charge in [0.05, 0.1) is 0 Å². The van der Waals surface area contributed by atoms with Crippen LogP contribution in [0, 0.1) is 11.8 Å². The van der Waals surface area contributed by atoms with Gasteiger partial charge in [-0.25, -0.2) is 0 Å². The van der Waals surface area contributed by atoms with E-state index in [1.54, 1.807) is 0 Å². The van der Waals surface area contributed by atoms with Gasteiger partial charge in [0, 0.05) is 25.0 Å². The summed E-state index contributed by atoms with van der Waals surface area (Å²) in [6, 6.07) is 2.73. The van der Waals surface area contributed by atoms with Gasteiger partial charge in [-0.1, -0.05) is 13.8 Å². The van der Waals surface area contributed by atoms with Crippen molar-refractivity contribution in [2.45, 2.75) is 52.1 Å². The highest BCUT2D eigenvalue weighted by molar-refractivity contribution is 4.80. The van der Waals surface area contributed by atoms with Crippen LogP contribution >= 0.6 is 0 Å². The van der Waals surface area contributed by atoms with Crippen LogP contribution in [0.2, 0.25) is 0 Å². The second-order valence-corrected chi connectivity index (χ2v) is 5.54. The summed E-state index contributed by atoms with van der Waals surface area (Å²) in [6.07, 6.45) is 9.14. The Morgan fingerprint density at radius 3 is 2.88 bits per heavy atom. The van der Waals surface area contributed by atoms with Gasteiger partial charge in [-0.05, 0) is 50.1 Å². The summed E-state index contributed by atoms with van der Waals surface area (Å²) in [4.78, 5) is 0. The summed E-state index contributed by atoms with van der Waals surface area (Å²) in [5.41, 5.74) is 0. The van der Waals surface area contributed by atoms with E-state index < -0.39 is 0 Å². The number of aryl methyl sites for hydroxylation is 1. The molecule has 3 atom stereocenters. The summed E-state index contributed by atoms with van der Waals surface area (Å²) in [6.45, 7) is 6.92. The van der Waals surface area contributed by atoms with Crippen LogP contribution in [0.1, 0.15) is 39.5 Å². The summed E-state index contributed by atoms with van der Waals surface area (Å²) >= 11 is 0. The quantitative estimate of drug-likeness (QED) is 0.795. The molecule has 3 heteroatoms. The van der Waals surface area contributed by atoms with Crippen LogP contribution in [0.15, 0.2) is 18.5 Å². The predicted molar refractivity (Wildman–Crippen MR) is 70.8 cm³/mol. The Morgan fingerprint density at radius 1 is 1.29 bits per heavy atom. The number of hydrogen-bond acceptors (Lipinski definition) is 2. The third-order valence-corrected chi connectivity index (χ3v) is 4.15. The fourth-order valence-corrected chi connectivity index (χ4v) is 2.71. The van der Waals surface area contributed by atoms with E-state index in [0.29, 0.717) is 0 Å². The Bertz CT molecular complexity index is 307. The molecule has 17 heavy (non-hydrogen) atoms. The van der Waals surface area contributed by atoms with E-state index in [1.165, 1.54) is 25.7 Å². The van der Waals surface area contributed by atoms with E-state index in [4.69, 9.17) is 0 Å². The number of hydrogen-bond donors (Lipinski definition) is 1. The van der Waals surface area contributed by atoms with Gasteiger partial charge >= 0.3 is 0 Å². The summed E-state index contributed by atoms with van der Waals surface area (Å²) in [7, 11) is 0. The smallest absolute Gasteiger partial charge is 0.0489 e. The highest BCUT2D eigenvalue weighted by Gasteiger charge is 2.23. The fraction of sp³-hybridized carbons (Fsp3) is 0.786. The van der Waals surface area contributed by atoms with Crippen LogP contribution < -0.4 is 5.32 Å². The highest BCUT2D eigenvalue weighted by atomic mass is 15.3. The predicted octanol–water partition coefficient (Wildman–Crippen LogP) is 2.69. The van der Waals surface area contributed by atoms with E-state index in [-0.39, 0.29) is 0 Å². The van der Waals surface area contributed by atoms with E-state index in [0.717, 1.165) is 31.0 Å².